The zero-order valence-corrected chi connectivity index (χ0v) is 21.4. The van der Waals surface area contributed by atoms with Crippen LogP contribution >= 0.6 is 34.8 Å². The number of hydrogen-bond donors (Lipinski definition) is 1. The Labute approximate surface area is 219 Å². The van der Waals surface area contributed by atoms with Gasteiger partial charge in [-0.3, -0.25) is 4.79 Å². The minimum atomic E-state index is -4.07. The number of amides is 1. The van der Waals surface area contributed by atoms with Gasteiger partial charge >= 0.3 is 0 Å². The lowest BCUT2D eigenvalue weighted by Crippen LogP contribution is -2.37. The van der Waals surface area contributed by atoms with Gasteiger partial charge in [0.1, 0.15) is 0 Å². The molecule has 4 rings (SSSR count). The molecule has 1 aliphatic carbocycles. The van der Waals surface area contributed by atoms with E-state index in [-0.39, 0.29) is 16.5 Å². The van der Waals surface area contributed by atoms with Crippen molar-refractivity contribution in [3.8, 4) is 6.07 Å². The fraction of sp³-hybridized carbons (Fsp3) is 0.200. The Morgan fingerprint density at radius 3 is 2.17 bits per heavy atom. The second-order valence-corrected chi connectivity index (χ2v) is 11.5. The van der Waals surface area contributed by atoms with E-state index in [9.17, 15) is 18.5 Å². The molecule has 35 heavy (non-hydrogen) atoms. The van der Waals surface area contributed by atoms with Crippen LogP contribution < -0.4 is 5.32 Å². The van der Waals surface area contributed by atoms with E-state index in [4.69, 9.17) is 34.8 Å². The van der Waals surface area contributed by atoms with Crippen molar-refractivity contribution in [1.82, 2.24) is 4.31 Å². The van der Waals surface area contributed by atoms with Crippen molar-refractivity contribution in [1.29, 1.82) is 5.26 Å². The molecule has 10 heteroatoms. The summed E-state index contributed by atoms with van der Waals surface area (Å²) in [7, 11) is -4.07. The molecule has 1 saturated carbocycles. The quantitative estimate of drug-likeness (QED) is 0.372. The number of rotatable bonds is 8. The van der Waals surface area contributed by atoms with Crippen molar-refractivity contribution in [2.75, 3.05) is 11.9 Å². The molecule has 1 N–H and O–H groups in total. The summed E-state index contributed by atoms with van der Waals surface area (Å²) in [5.41, 5.74) is 1.48. The largest absolute Gasteiger partial charge is 0.325 e. The van der Waals surface area contributed by atoms with Gasteiger partial charge in [0.2, 0.25) is 15.9 Å². The maximum Gasteiger partial charge on any atom is 0.243 e. The number of anilines is 1. The molecule has 0 aromatic heterocycles. The number of carbonyl (C=O) groups excluding carboxylic acids is 1. The standard InChI is InChI=1S/C25H20Cl3N3O3S/c26-19-5-9-22(10-6-19)35(33,34)31(14-17-1-4-20(27)13-23(17)28)15-24(32)30-21-7-2-18(3-8-21)25(16-29)11-12-25/h1-10,13H,11-12,14-15H2,(H,30,32). The number of halogens is 3. The van der Waals surface area contributed by atoms with Gasteiger partial charge in [-0.05, 0) is 72.5 Å². The van der Waals surface area contributed by atoms with E-state index in [1.165, 1.54) is 30.3 Å². The van der Waals surface area contributed by atoms with Crippen LogP contribution in [0.4, 0.5) is 5.69 Å². The molecule has 3 aromatic carbocycles. The lowest BCUT2D eigenvalue weighted by atomic mass is 9.98. The van der Waals surface area contributed by atoms with Crippen LogP contribution in [0.5, 0.6) is 0 Å². The summed E-state index contributed by atoms with van der Waals surface area (Å²) in [5.74, 6) is -0.526. The molecule has 0 atom stereocenters. The highest BCUT2D eigenvalue weighted by molar-refractivity contribution is 7.89. The number of hydrogen-bond acceptors (Lipinski definition) is 4. The van der Waals surface area contributed by atoms with Crippen LogP contribution in [0.15, 0.2) is 71.6 Å². The average molecular weight is 549 g/mol. The van der Waals surface area contributed by atoms with Crippen molar-refractivity contribution in [3.63, 3.8) is 0 Å². The molecule has 0 unspecified atom stereocenters. The molecule has 0 saturated heterocycles. The summed E-state index contributed by atoms with van der Waals surface area (Å²) in [4.78, 5) is 12.9. The molecule has 0 heterocycles. The predicted octanol–water partition coefficient (Wildman–Crippen LogP) is 6.03. The minimum absolute atomic E-state index is 0.00428. The van der Waals surface area contributed by atoms with Crippen molar-refractivity contribution in [2.24, 2.45) is 0 Å². The third kappa shape index (κ3) is 5.80. The maximum absolute atomic E-state index is 13.4. The topological polar surface area (TPSA) is 90.3 Å². The average Bonchev–Trinajstić information content (AvgIpc) is 3.62. The molecule has 0 radical (unpaired) electrons. The van der Waals surface area contributed by atoms with Crippen LogP contribution in [0.1, 0.15) is 24.0 Å². The number of nitrogens with one attached hydrogen (secondary N) is 1. The van der Waals surface area contributed by atoms with Crippen LogP contribution in [0.2, 0.25) is 15.1 Å². The maximum atomic E-state index is 13.4. The van der Waals surface area contributed by atoms with E-state index in [0.717, 1.165) is 22.7 Å². The van der Waals surface area contributed by atoms with Gasteiger partial charge in [-0.1, -0.05) is 53.0 Å². The van der Waals surface area contributed by atoms with E-state index >= 15 is 0 Å². The van der Waals surface area contributed by atoms with Gasteiger partial charge in [0.15, 0.2) is 0 Å². The smallest absolute Gasteiger partial charge is 0.243 e. The van der Waals surface area contributed by atoms with E-state index < -0.39 is 27.9 Å². The van der Waals surface area contributed by atoms with Gasteiger partial charge in [0.25, 0.3) is 0 Å². The molecular formula is C25H20Cl3N3O3S. The van der Waals surface area contributed by atoms with Gasteiger partial charge < -0.3 is 5.32 Å². The number of nitrogens with zero attached hydrogens (tertiary/aromatic N) is 2. The second-order valence-electron chi connectivity index (χ2n) is 8.28. The first kappa shape index (κ1) is 25.5. The van der Waals surface area contributed by atoms with Crippen molar-refractivity contribution in [3.05, 3.63) is 92.9 Å². The monoisotopic (exact) mass is 547 g/mol. The molecule has 0 spiro atoms. The molecule has 6 nitrogen and oxygen atoms in total. The van der Waals surface area contributed by atoms with Crippen LogP contribution in [-0.4, -0.2) is 25.2 Å². The number of nitriles is 1. The Bertz CT molecular complexity index is 1400. The third-order valence-corrected chi connectivity index (χ3v) is 8.46. The van der Waals surface area contributed by atoms with E-state index in [1.54, 1.807) is 24.3 Å². The molecule has 1 aliphatic rings. The first-order valence-electron chi connectivity index (χ1n) is 10.6. The van der Waals surface area contributed by atoms with Crippen molar-refractivity contribution >= 4 is 56.4 Å². The fourth-order valence-electron chi connectivity index (χ4n) is 3.64. The van der Waals surface area contributed by atoms with Crippen LogP contribution in [0.25, 0.3) is 0 Å². The van der Waals surface area contributed by atoms with Gasteiger partial charge in [0, 0.05) is 27.3 Å². The molecule has 1 amide bonds. The molecule has 180 valence electrons. The van der Waals surface area contributed by atoms with Crippen molar-refractivity contribution in [2.45, 2.75) is 29.7 Å². The zero-order valence-electron chi connectivity index (χ0n) is 18.3. The SMILES string of the molecule is N#CC1(c2ccc(NC(=O)CN(Cc3ccc(Cl)cc3Cl)S(=O)(=O)c3ccc(Cl)cc3)cc2)CC1. The first-order chi connectivity index (χ1) is 16.6. The van der Waals surface area contributed by atoms with E-state index in [0.29, 0.717) is 21.3 Å². The lowest BCUT2D eigenvalue weighted by Gasteiger charge is -2.22. The molecular weight excluding hydrogens is 529 g/mol. The Hall–Kier alpha value is -2.60. The number of benzene rings is 3. The molecule has 0 aliphatic heterocycles. The number of carbonyl (C=O) groups is 1. The first-order valence-corrected chi connectivity index (χ1v) is 13.2. The highest BCUT2D eigenvalue weighted by Crippen LogP contribution is 2.47. The van der Waals surface area contributed by atoms with Gasteiger partial charge in [-0.15, -0.1) is 0 Å². The molecule has 0 bridgehead atoms. The van der Waals surface area contributed by atoms with Crippen LogP contribution in [0, 0.1) is 11.3 Å². The summed E-state index contributed by atoms with van der Waals surface area (Å²) in [6.07, 6.45) is 1.64. The summed E-state index contributed by atoms with van der Waals surface area (Å²) in [6, 6.07) is 19.8. The summed E-state index contributed by atoms with van der Waals surface area (Å²) in [5, 5.41) is 13.2. The predicted molar refractivity (Wildman–Crippen MR) is 137 cm³/mol. The fourth-order valence-corrected chi connectivity index (χ4v) is 5.61. The summed E-state index contributed by atoms with van der Waals surface area (Å²) < 4.78 is 27.9. The number of sulfonamides is 1. The van der Waals surface area contributed by atoms with Crippen molar-refractivity contribution < 1.29 is 13.2 Å². The normalized spacial score (nSPS) is 14.4. The Morgan fingerprint density at radius 1 is 0.971 bits per heavy atom. The lowest BCUT2D eigenvalue weighted by molar-refractivity contribution is -0.116. The van der Waals surface area contributed by atoms with Gasteiger partial charge in [0.05, 0.1) is 22.9 Å². The van der Waals surface area contributed by atoms with Gasteiger partial charge in [-0.25, -0.2) is 8.42 Å². The Kier molecular flexibility index (Phi) is 7.41. The Morgan fingerprint density at radius 2 is 1.60 bits per heavy atom. The Balaban J connectivity index is 1.56. The minimum Gasteiger partial charge on any atom is -0.325 e. The summed E-state index contributed by atoms with van der Waals surface area (Å²) in [6.45, 7) is -0.591. The molecule has 3 aromatic rings. The highest BCUT2D eigenvalue weighted by atomic mass is 35.5. The van der Waals surface area contributed by atoms with Crippen LogP contribution in [0.3, 0.4) is 0 Å². The molecule has 1 fully saturated rings. The van der Waals surface area contributed by atoms with Crippen LogP contribution in [-0.2, 0) is 26.8 Å². The zero-order chi connectivity index (χ0) is 25.2. The van der Waals surface area contributed by atoms with E-state index in [2.05, 4.69) is 11.4 Å². The van der Waals surface area contributed by atoms with Gasteiger partial charge in [-0.2, -0.15) is 9.57 Å². The summed E-state index contributed by atoms with van der Waals surface area (Å²) >= 11 is 18.2. The second kappa shape index (κ2) is 10.2. The third-order valence-electron chi connectivity index (χ3n) is 5.82. The highest BCUT2D eigenvalue weighted by Gasteiger charge is 2.44. The van der Waals surface area contributed by atoms with E-state index in [1.807, 2.05) is 12.1 Å².